The average molecular weight is 276 g/mol. The molecule has 1 aromatic carbocycles. The summed E-state index contributed by atoms with van der Waals surface area (Å²) in [7, 11) is 0. The van der Waals surface area contributed by atoms with Crippen LogP contribution in [0, 0.1) is 19.8 Å². The second kappa shape index (κ2) is 7.09. The molecule has 0 spiro atoms. The second-order valence-corrected chi connectivity index (χ2v) is 6.16. The Balaban J connectivity index is 1.66. The van der Waals surface area contributed by atoms with E-state index in [0.717, 1.165) is 31.9 Å². The summed E-state index contributed by atoms with van der Waals surface area (Å²) in [5, 5.41) is 0. The highest BCUT2D eigenvalue weighted by molar-refractivity contribution is 5.33. The van der Waals surface area contributed by atoms with Crippen molar-refractivity contribution in [2.75, 3.05) is 26.2 Å². The van der Waals surface area contributed by atoms with Crippen molar-refractivity contribution >= 4 is 0 Å². The first kappa shape index (κ1) is 15.3. The Morgan fingerprint density at radius 3 is 2.80 bits per heavy atom. The molecule has 2 N–H and O–H groups in total. The molecule has 1 aromatic rings. The number of hydrogen-bond donors (Lipinski definition) is 1. The number of nitrogens with zero attached hydrogens (tertiary/aromatic N) is 1. The van der Waals surface area contributed by atoms with Gasteiger partial charge in [-0.05, 0) is 69.3 Å². The SMILES string of the molecule is Cc1ccc(OCCCN2CCC(C(C)N)C2)cc1C. The fraction of sp³-hybridized carbons (Fsp3) is 0.647. The lowest BCUT2D eigenvalue weighted by Gasteiger charge is -2.17. The van der Waals surface area contributed by atoms with Crippen molar-refractivity contribution in [2.45, 2.75) is 39.7 Å². The van der Waals surface area contributed by atoms with Gasteiger partial charge in [-0.15, -0.1) is 0 Å². The molecule has 3 nitrogen and oxygen atoms in total. The van der Waals surface area contributed by atoms with Gasteiger partial charge in [-0.25, -0.2) is 0 Å². The van der Waals surface area contributed by atoms with Crippen LogP contribution in [-0.4, -0.2) is 37.2 Å². The van der Waals surface area contributed by atoms with Gasteiger partial charge in [-0.3, -0.25) is 0 Å². The van der Waals surface area contributed by atoms with Crippen molar-refractivity contribution < 1.29 is 4.74 Å². The Kier molecular flexibility index (Phi) is 5.44. The molecule has 1 fully saturated rings. The molecule has 2 unspecified atom stereocenters. The van der Waals surface area contributed by atoms with Gasteiger partial charge in [0.2, 0.25) is 0 Å². The molecule has 1 aliphatic rings. The normalized spacial score (nSPS) is 21.1. The van der Waals surface area contributed by atoms with Crippen molar-refractivity contribution in [2.24, 2.45) is 11.7 Å². The van der Waals surface area contributed by atoms with E-state index in [2.05, 4.69) is 43.9 Å². The van der Waals surface area contributed by atoms with Crippen LogP contribution in [0.4, 0.5) is 0 Å². The Labute approximate surface area is 123 Å². The molecule has 0 aromatic heterocycles. The molecule has 1 saturated heterocycles. The molecular formula is C17H28N2O. The Morgan fingerprint density at radius 2 is 2.15 bits per heavy atom. The molecule has 0 bridgehead atoms. The average Bonchev–Trinajstić information content (AvgIpc) is 2.88. The quantitative estimate of drug-likeness (QED) is 0.812. The first-order valence-corrected chi connectivity index (χ1v) is 7.74. The summed E-state index contributed by atoms with van der Waals surface area (Å²) in [6, 6.07) is 6.63. The lowest BCUT2D eigenvalue weighted by Crippen LogP contribution is -2.30. The van der Waals surface area contributed by atoms with Crippen LogP contribution in [0.25, 0.3) is 0 Å². The van der Waals surface area contributed by atoms with E-state index in [4.69, 9.17) is 10.5 Å². The zero-order valence-electron chi connectivity index (χ0n) is 13.1. The van der Waals surface area contributed by atoms with E-state index >= 15 is 0 Å². The van der Waals surface area contributed by atoms with Gasteiger partial charge in [0.05, 0.1) is 6.61 Å². The highest BCUT2D eigenvalue weighted by Crippen LogP contribution is 2.19. The number of benzene rings is 1. The van der Waals surface area contributed by atoms with Crippen LogP contribution in [0.2, 0.25) is 0 Å². The zero-order valence-corrected chi connectivity index (χ0v) is 13.1. The third kappa shape index (κ3) is 4.22. The predicted octanol–water partition coefficient (Wildman–Crippen LogP) is 2.74. The van der Waals surface area contributed by atoms with E-state index in [9.17, 15) is 0 Å². The van der Waals surface area contributed by atoms with Gasteiger partial charge < -0.3 is 15.4 Å². The van der Waals surface area contributed by atoms with Crippen molar-refractivity contribution in [3.8, 4) is 5.75 Å². The van der Waals surface area contributed by atoms with Gasteiger partial charge in [-0.2, -0.15) is 0 Å². The predicted molar refractivity (Wildman–Crippen MR) is 84.2 cm³/mol. The third-order valence-electron chi connectivity index (χ3n) is 4.42. The van der Waals surface area contributed by atoms with Crippen molar-refractivity contribution in [1.82, 2.24) is 4.90 Å². The first-order chi connectivity index (χ1) is 9.56. The topological polar surface area (TPSA) is 38.5 Å². The summed E-state index contributed by atoms with van der Waals surface area (Å²) in [5.41, 5.74) is 8.58. The summed E-state index contributed by atoms with van der Waals surface area (Å²) in [6.45, 7) is 10.6. The third-order valence-corrected chi connectivity index (χ3v) is 4.42. The second-order valence-electron chi connectivity index (χ2n) is 6.16. The largest absolute Gasteiger partial charge is 0.494 e. The van der Waals surface area contributed by atoms with Crippen LogP contribution in [-0.2, 0) is 0 Å². The summed E-state index contributed by atoms with van der Waals surface area (Å²) < 4.78 is 5.82. The van der Waals surface area contributed by atoms with Gasteiger partial charge in [0.25, 0.3) is 0 Å². The van der Waals surface area contributed by atoms with Crippen molar-refractivity contribution in [3.05, 3.63) is 29.3 Å². The first-order valence-electron chi connectivity index (χ1n) is 7.74. The maximum Gasteiger partial charge on any atom is 0.119 e. The minimum Gasteiger partial charge on any atom is -0.494 e. The van der Waals surface area contributed by atoms with E-state index in [1.807, 2.05) is 0 Å². The van der Waals surface area contributed by atoms with E-state index in [-0.39, 0.29) is 0 Å². The van der Waals surface area contributed by atoms with E-state index in [0.29, 0.717) is 12.0 Å². The molecule has 0 aliphatic carbocycles. The number of rotatable bonds is 6. The van der Waals surface area contributed by atoms with Crippen LogP contribution in [0.1, 0.15) is 30.9 Å². The number of likely N-dealkylation sites (tertiary alicyclic amines) is 1. The smallest absolute Gasteiger partial charge is 0.119 e. The molecule has 3 heteroatoms. The number of nitrogens with two attached hydrogens (primary N) is 1. The van der Waals surface area contributed by atoms with Crippen LogP contribution in [0.15, 0.2) is 18.2 Å². The van der Waals surface area contributed by atoms with Gasteiger partial charge in [0, 0.05) is 19.1 Å². The molecule has 2 rings (SSSR count). The number of hydrogen-bond acceptors (Lipinski definition) is 3. The van der Waals surface area contributed by atoms with Crippen LogP contribution >= 0.6 is 0 Å². The zero-order chi connectivity index (χ0) is 14.5. The molecule has 0 saturated carbocycles. The number of aryl methyl sites for hydroxylation is 2. The van der Waals surface area contributed by atoms with E-state index in [1.54, 1.807) is 0 Å². The molecular weight excluding hydrogens is 248 g/mol. The van der Waals surface area contributed by atoms with Crippen LogP contribution in [0.3, 0.4) is 0 Å². The van der Waals surface area contributed by atoms with Crippen molar-refractivity contribution in [1.29, 1.82) is 0 Å². The molecule has 20 heavy (non-hydrogen) atoms. The maximum atomic E-state index is 5.97. The maximum absolute atomic E-state index is 5.97. The Hall–Kier alpha value is -1.06. The molecule has 1 aliphatic heterocycles. The highest BCUT2D eigenvalue weighted by Gasteiger charge is 2.24. The number of ether oxygens (including phenoxy) is 1. The molecule has 0 radical (unpaired) electrons. The fourth-order valence-corrected chi connectivity index (χ4v) is 2.78. The van der Waals surface area contributed by atoms with Gasteiger partial charge in [-0.1, -0.05) is 6.07 Å². The minimum absolute atomic E-state index is 0.326. The van der Waals surface area contributed by atoms with E-state index < -0.39 is 0 Å². The van der Waals surface area contributed by atoms with Gasteiger partial charge in [0.15, 0.2) is 0 Å². The fourth-order valence-electron chi connectivity index (χ4n) is 2.78. The Bertz CT molecular complexity index is 431. The molecule has 1 heterocycles. The summed E-state index contributed by atoms with van der Waals surface area (Å²) in [5.74, 6) is 1.67. The van der Waals surface area contributed by atoms with Crippen LogP contribution < -0.4 is 10.5 Å². The summed E-state index contributed by atoms with van der Waals surface area (Å²) in [6.07, 6.45) is 2.33. The monoisotopic (exact) mass is 276 g/mol. The molecule has 2 atom stereocenters. The van der Waals surface area contributed by atoms with Crippen LogP contribution in [0.5, 0.6) is 5.75 Å². The molecule has 0 amide bonds. The van der Waals surface area contributed by atoms with Crippen molar-refractivity contribution in [3.63, 3.8) is 0 Å². The highest BCUT2D eigenvalue weighted by atomic mass is 16.5. The van der Waals surface area contributed by atoms with E-state index in [1.165, 1.54) is 24.1 Å². The summed E-state index contributed by atoms with van der Waals surface area (Å²) in [4.78, 5) is 2.51. The standard InChI is InChI=1S/C17H28N2O/c1-13-5-6-17(11-14(13)2)20-10-4-8-19-9-7-16(12-19)15(3)18/h5-6,11,15-16H,4,7-10,12,18H2,1-3H3. The minimum atomic E-state index is 0.326. The van der Waals surface area contributed by atoms with Gasteiger partial charge >= 0.3 is 0 Å². The molecule has 112 valence electrons. The lowest BCUT2D eigenvalue weighted by atomic mass is 10.0. The Morgan fingerprint density at radius 1 is 1.35 bits per heavy atom. The lowest BCUT2D eigenvalue weighted by molar-refractivity contribution is 0.256. The summed E-state index contributed by atoms with van der Waals surface area (Å²) >= 11 is 0. The van der Waals surface area contributed by atoms with Gasteiger partial charge in [0.1, 0.15) is 5.75 Å².